The Bertz CT molecular complexity index is 885. The average molecular weight is 377 g/mol. The molecule has 3 aromatic carbocycles. The van der Waals surface area contributed by atoms with Gasteiger partial charge in [0.2, 0.25) is 0 Å². The Hall–Kier alpha value is -3.02. The molecule has 3 aromatic rings. The lowest BCUT2D eigenvalue weighted by Gasteiger charge is -2.25. The van der Waals surface area contributed by atoms with Crippen molar-refractivity contribution in [1.82, 2.24) is 5.32 Å². The highest BCUT2D eigenvalue weighted by atomic mass is 32.1. The van der Waals surface area contributed by atoms with Gasteiger partial charge in [-0.1, -0.05) is 66.7 Å². The van der Waals surface area contributed by atoms with Gasteiger partial charge >= 0.3 is 0 Å². The lowest BCUT2D eigenvalue weighted by molar-refractivity contribution is 0.0889. The molecule has 0 aliphatic carbocycles. The molecule has 0 bridgehead atoms. The van der Waals surface area contributed by atoms with Crippen LogP contribution in [0.1, 0.15) is 22.0 Å². The number of carbonyl (C=O) groups excluding carboxylic acids is 1. The number of benzene rings is 3. The van der Waals surface area contributed by atoms with Crippen LogP contribution in [0, 0.1) is 0 Å². The summed E-state index contributed by atoms with van der Waals surface area (Å²) in [7, 11) is 0. The third-order valence-corrected chi connectivity index (χ3v) is 4.32. The molecule has 2 unspecified atom stereocenters. The van der Waals surface area contributed by atoms with Crippen LogP contribution in [0.3, 0.4) is 0 Å². The first kappa shape index (κ1) is 18.8. The van der Waals surface area contributed by atoms with Gasteiger partial charge in [0.05, 0.1) is 6.04 Å². The third kappa shape index (κ3) is 5.00. The summed E-state index contributed by atoms with van der Waals surface area (Å²) in [6, 6.07) is 26.3. The van der Waals surface area contributed by atoms with Gasteiger partial charge < -0.3 is 15.2 Å². The maximum atomic E-state index is 12.6. The van der Waals surface area contributed by atoms with Crippen LogP contribution >= 0.6 is 12.2 Å². The summed E-state index contributed by atoms with van der Waals surface area (Å²) in [5.41, 5.74) is 1.23. The molecule has 0 heterocycles. The lowest BCUT2D eigenvalue weighted by Crippen LogP contribution is -2.41. The summed E-state index contributed by atoms with van der Waals surface area (Å²) in [4.78, 5) is 12.6. The lowest BCUT2D eigenvalue weighted by atomic mass is 10.0. The van der Waals surface area contributed by atoms with E-state index in [-0.39, 0.29) is 11.0 Å². The Morgan fingerprint density at radius 3 is 1.96 bits per heavy atom. The second-order valence-electron chi connectivity index (χ2n) is 5.91. The van der Waals surface area contributed by atoms with Gasteiger partial charge in [0.1, 0.15) is 11.9 Å². The molecule has 0 aliphatic heterocycles. The summed E-state index contributed by atoms with van der Waals surface area (Å²) in [5, 5.41) is 13.7. The molecule has 4 nitrogen and oxygen atoms in total. The van der Waals surface area contributed by atoms with Crippen LogP contribution in [0.4, 0.5) is 0 Å². The molecule has 0 aliphatic rings. The molecule has 0 fully saturated rings. The van der Waals surface area contributed by atoms with Gasteiger partial charge in [0, 0.05) is 5.56 Å². The zero-order valence-corrected chi connectivity index (χ0v) is 15.3. The SMILES string of the molecule is O=C(NC(c1ccccc1)C(O)C(=S)Oc1ccccc1)c1ccccc1. The van der Waals surface area contributed by atoms with Crippen LogP contribution in [0.2, 0.25) is 0 Å². The summed E-state index contributed by atoms with van der Waals surface area (Å²) < 4.78 is 5.60. The van der Waals surface area contributed by atoms with Crippen molar-refractivity contribution in [3.63, 3.8) is 0 Å². The van der Waals surface area contributed by atoms with E-state index >= 15 is 0 Å². The number of carbonyl (C=O) groups is 1. The summed E-state index contributed by atoms with van der Waals surface area (Å²) in [6.45, 7) is 0. The van der Waals surface area contributed by atoms with E-state index in [0.717, 1.165) is 5.56 Å². The highest BCUT2D eigenvalue weighted by Crippen LogP contribution is 2.21. The zero-order chi connectivity index (χ0) is 19.1. The van der Waals surface area contributed by atoms with Gasteiger partial charge in [-0.15, -0.1) is 0 Å². The first-order valence-electron chi connectivity index (χ1n) is 8.51. The van der Waals surface area contributed by atoms with Gasteiger partial charge in [0.15, 0.2) is 5.05 Å². The van der Waals surface area contributed by atoms with Crippen molar-refractivity contribution >= 4 is 23.2 Å². The van der Waals surface area contributed by atoms with Gasteiger partial charge in [0.25, 0.3) is 5.91 Å². The minimum Gasteiger partial charge on any atom is -0.447 e. The largest absolute Gasteiger partial charge is 0.447 e. The number of rotatable bonds is 6. The number of nitrogens with one attached hydrogen (secondary N) is 1. The van der Waals surface area contributed by atoms with Crippen LogP contribution in [-0.4, -0.2) is 22.2 Å². The molecular weight excluding hydrogens is 358 g/mol. The molecule has 136 valence electrons. The minimum absolute atomic E-state index is 0.0107. The van der Waals surface area contributed by atoms with E-state index in [9.17, 15) is 9.90 Å². The molecule has 0 saturated carbocycles. The van der Waals surface area contributed by atoms with Crippen molar-refractivity contribution in [2.75, 3.05) is 0 Å². The highest BCUT2D eigenvalue weighted by Gasteiger charge is 2.28. The number of para-hydroxylation sites is 1. The van der Waals surface area contributed by atoms with Crippen molar-refractivity contribution in [3.8, 4) is 5.75 Å². The average Bonchev–Trinajstić information content (AvgIpc) is 2.73. The first-order chi connectivity index (χ1) is 13.1. The third-order valence-electron chi connectivity index (χ3n) is 4.00. The molecule has 0 saturated heterocycles. The van der Waals surface area contributed by atoms with Crippen LogP contribution in [0.25, 0.3) is 0 Å². The Labute approximate surface area is 163 Å². The fraction of sp³-hybridized carbons (Fsp3) is 0.0909. The molecule has 5 heteroatoms. The Morgan fingerprint density at radius 1 is 0.852 bits per heavy atom. The first-order valence-corrected chi connectivity index (χ1v) is 8.91. The van der Waals surface area contributed by atoms with Gasteiger partial charge in [-0.3, -0.25) is 4.79 Å². The van der Waals surface area contributed by atoms with E-state index in [1.165, 1.54) is 0 Å². The monoisotopic (exact) mass is 377 g/mol. The molecule has 3 rings (SSSR count). The van der Waals surface area contributed by atoms with E-state index in [2.05, 4.69) is 5.32 Å². The summed E-state index contributed by atoms with van der Waals surface area (Å²) in [5.74, 6) is 0.230. The predicted molar refractivity (Wildman–Crippen MR) is 109 cm³/mol. The molecular formula is C22H19NO3S. The number of amides is 1. The normalized spacial score (nSPS) is 12.6. The number of thiocarbonyl (C=S) groups is 1. The van der Waals surface area contributed by atoms with Crippen LogP contribution in [0.15, 0.2) is 91.0 Å². The van der Waals surface area contributed by atoms with Crippen LogP contribution < -0.4 is 10.1 Å². The smallest absolute Gasteiger partial charge is 0.251 e. The molecule has 0 spiro atoms. The predicted octanol–water partition coefficient (Wildman–Crippen LogP) is 3.93. The maximum absolute atomic E-state index is 12.6. The molecule has 27 heavy (non-hydrogen) atoms. The highest BCUT2D eigenvalue weighted by molar-refractivity contribution is 7.80. The molecule has 0 aromatic heterocycles. The van der Waals surface area contributed by atoms with Crippen molar-refractivity contribution < 1.29 is 14.6 Å². The Balaban J connectivity index is 1.81. The van der Waals surface area contributed by atoms with Crippen LogP contribution in [-0.2, 0) is 0 Å². The number of hydrogen-bond acceptors (Lipinski definition) is 4. The zero-order valence-electron chi connectivity index (χ0n) is 14.5. The van der Waals surface area contributed by atoms with E-state index in [4.69, 9.17) is 17.0 Å². The maximum Gasteiger partial charge on any atom is 0.251 e. The van der Waals surface area contributed by atoms with Crippen molar-refractivity contribution in [2.45, 2.75) is 12.1 Å². The quantitative estimate of drug-likeness (QED) is 0.639. The standard InChI is InChI=1S/C22H19NO3S/c24-20(22(27)26-18-14-8-3-9-15-18)19(16-10-4-1-5-11-16)23-21(25)17-12-6-2-7-13-17/h1-15,19-20,24H,(H,23,25). The van der Waals surface area contributed by atoms with E-state index in [1.807, 2.05) is 54.6 Å². The topological polar surface area (TPSA) is 58.6 Å². The van der Waals surface area contributed by atoms with Crippen molar-refractivity contribution in [1.29, 1.82) is 0 Å². The van der Waals surface area contributed by atoms with E-state index < -0.39 is 12.1 Å². The molecule has 2 N–H and O–H groups in total. The minimum atomic E-state index is -1.20. The summed E-state index contributed by atoms with van der Waals surface area (Å²) >= 11 is 5.28. The number of aliphatic hydroxyl groups excluding tert-OH is 1. The molecule has 2 atom stereocenters. The Kier molecular flexibility index (Phi) is 6.30. The van der Waals surface area contributed by atoms with Gasteiger partial charge in [-0.25, -0.2) is 0 Å². The number of aliphatic hydroxyl groups is 1. The fourth-order valence-electron chi connectivity index (χ4n) is 2.62. The second-order valence-corrected chi connectivity index (χ2v) is 6.31. The van der Waals surface area contributed by atoms with Gasteiger partial charge in [-0.05, 0) is 42.0 Å². The molecule has 0 radical (unpaired) electrons. The number of ether oxygens (including phenoxy) is 1. The van der Waals surface area contributed by atoms with Crippen molar-refractivity contribution in [2.24, 2.45) is 0 Å². The Morgan fingerprint density at radius 2 is 1.37 bits per heavy atom. The fourth-order valence-corrected chi connectivity index (χ4v) is 2.85. The van der Waals surface area contributed by atoms with E-state index in [1.54, 1.807) is 36.4 Å². The van der Waals surface area contributed by atoms with Gasteiger partial charge in [-0.2, -0.15) is 0 Å². The number of hydrogen-bond donors (Lipinski definition) is 2. The van der Waals surface area contributed by atoms with E-state index in [0.29, 0.717) is 11.3 Å². The second kappa shape index (κ2) is 9.07. The summed E-state index contributed by atoms with van der Waals surface area (Å²) in [6.07, 6.45) is -1.20. The van der Waals surface area contributed by atoms with Crippen molar-refractivity contribution in [3.05, 3.63) is 102 Å². The van der Waals surface area contributed by atoms with Crippen LogP contribution in [0.5, 0.6) is 5.75 Å². The molecule has 1 amide bonds.